The highest BCUT2D eigenvalue weighted by molar-refractivity contribution is 6.18. The van der Waals surface area contributed by atoms with Crippen molar-refractivity contribution in [2.24, 2.45) is 4.99 Å². The molecule has 0 aliphatic heterocycles. The van der Waals surface area contributed by atoms with Gasteiger partial charge in [-0.1, -0.05) is 36.4 Å². The Labute approximate surface area is 186 Å². The van der Waals surface area contributed by atoms with Crippen LogP contribution in [0, 0.1) is 5.82 Å². The van der Waals surface area contributed by atoms with Gasteiger partial charge in [-0.05, 0) is 48.0 Å². The lowest BCUT2D eigenvalue weighted by Crippen LogP contribution is -2.08. The predicted octanol–water partition coefficient (Wildman–Crippen LogP) is 5.31. The van der Waals surface area contributed by atoms with Crippen molar-refractivity contribution in [2.75, 3.05) is 19.5 Å². The summed E-state index contributed by atoms with van der Waals surface area (Å²) in [6.45, 7) is 0.634. The van der Waals surface area contributed by atoms with Crippen LogP contribution in [-0.4, -0.2) is 29.8 Å². The lowest BCUT2D eigenvalue weighted by molar-refractivity contribution is 0.369. The van der Waals surface area contributed by atoms with Gasteiger partial charge in [-0.2, -0.15) is 0 Å². The van der Waals surface area contributed by atoms with E-state index in [9.17, 15) is 4.39 Å². The van der Waals surface area contributed by atoms with Crippen molar-refractivity contribution < 1.29 is 9.13 Å². The molecule has 0 unspecified atom stereocenters. The first-order valence-electron chi connectivity index (χ1n) is 10.2. The Kier molecular flexibility index (Phi) is 6.51. The molecule has 32 heavy (non-hydrogen) atoms. The van der Waals surface area contributed by atoms with Gasteiger partial charge in [0.05, 0.1) is 18.5 Å². The third-order valence-corrected chi connectivity index (χ3v) is 5.04. The van der Waals surface area contributed by atoms with Crippen LogP contribution >= 0.6 is 0 Å². The van der Waals surface area contributed by atoms with Crippen molar-refractivity contribution in [3.63, 3.8) is 0 Å². The summed E-state index contributed by atoms with van der Waals surface area (Å²) in [7, 11) is 3.33. The number of hydrogen-bond acceptors (Lipinski definition) is 5. The normalized spacial score (nSPS) is 16.0. The van der Waals surface area contributed by atoms with E-state index in [1.807, 2.05) is 54.6 Å². The van der Waals surface area contributed by atoms with Crippen molar-refractivity contribution in [3.05, 3.63) is 113 Å². The smallest absolute Gasteiger partial charge is 0.223 e. The molecule has 1 N–H and O–H groups in total. The zero-order valence-corrected chi connectivity index (χ0v) is 17.9. The molecule has 0 saturated carbocycles. The molecule has 0 radical (unpaired) electrons. The van der Waals surface area contributed by atoms with Gasteiger partial charge in [0.25, 0.3) is 0 Å². The second-order valence-corrected chi connectivity index (χ2v) is 7.10. The summed E-state index contributed by atoms with van der Waals surface area (Å²) in [5.41, 5.74) is 5.16. The molecule has 1 aliphatic rings. The second-order valence-electron chi connectivity index (χ2n) is 7.10. The van der Waals surface area contributed by atoms with E-state index in [0.717, 1.165) is 33.7 Å². The van der Waals surface area contributed by atoms with Crippen LogP contribution < -0.4 is 5.32 Å². The third kappa shape index (κ3) is 4.81. The maximum absolute atomic E-state index is 13.4. The Morgan fingerprint density at radius 2 is 1.81 bits per heavy atom. The predicted molar refractivity (Wildman–Crippen MR) is 127 cm³/mol. The SMILES string of the molecule is CN=C1C=CC(c2ccnc(NCc3ccccc3)n2)=C/C1=C(/OC)c1ccc(F)cc1. The average Bonchev–Trinajstić information content (AvgIpc) is 2.85. The fourth-order valence-electron chi connectivity index (χ4n) is 3.44. The van der Waals surface area contributed by atoms with E-state index in [1.54, 1.807) is 32.5 Å². The van der Waals surface area contributed by atoms with Crippen molar-refractivity contribution >= 4 is 23.0 Å². The van der Waals surface area contributed by atoms with Crippen LogP contribution in [0.15, 0.2) is 95.7 Å². The maximum atomic E-state index is 13.4. The van der Waals surface area contributed by atoms with Crippen LogP contribution in [0.4, 0.5) is 10.3 Å². The first-order chi connectivity index (χ1) is 15.7. The topological polar surface area (TPSA) is 59.4 Å². The van der Waals surface area contributed by atoms with E-state index >= 15 is 0 Å². The highest BCUT2D eigenvalue weighted by atomic mass is 19.1. The van der Waals surface area contributed by atoms with E-state index in [1.165, 1.54) is 12.1 Å². The number of aromatic nitrogens is 2. The standard InChI is InChI=1S/C26H23FN4O/c1-28-24-13-10-20(16-22(24)25(32-2)19-8-11-21(27)12-9-19)23-14-15-29-26(31-23)30-17-18-6-4-3-5-7-18/h3-16H,17H2,1-2H3,(H,29,30,31)/b25-22-,28-24?. The summed E-state index contributed by atoms with van der Waals surface area (Å²) in [6.07, 6.45) is 7.60. The fraction of sp³-hybridized carbons (Fsp3) is 0.115. The average molecular weight is 426 g/mol. The molecule has 0 atom stereocenters. The van der Waals surface area contributed by atoms with Gasteiger partial charge in [-0.3, -0.25) is 4.99 Å². The Morgan fingerprint density at radius 1 is 1.03 bits per heavy atom. The number of benzene rings is 2. The summed E-state index contributed by atoms with van der Waals surface area (Å²) < 4.78 is 19.1. The van der Waals surface area contributed by atoms with E-state index < -0.39 is 0 Å². The number of aliphatic imine (C=N–C) groups is 1. The molecule has 1 aromatic heterocycles. The number of halogens is 1. The molecule has 3 aromatic rings. The Balaban J connectivity index is 1.67. The molecule has 0 saturated heterocycles. The van der Waals surface area contributed by atoms with Crippen molar-refractivity contribution in [2.45, 2.75) is 6.54 Å². The van der Waals surface area contributed by atoms with Gasteiger partial charge in [-0.25, -0.2) is 14.4 Å². The van der Waals surface area contributed by atoms with Crippen molar-refractivity contribution in [3.8, 4) is 0 Å². The monoisotopic (exact) mass is 426 g/mol. The lowest BCUT2D eigenvalue weighted by Gasteiger charge is -2.17. The van der Waals surface area contributed by atoms with Crippen LogP contribution in [0.1, 0.15) is 16.8 Å². The van der Waals surface area contributed by atoms with E-state index in [0.29, 0.717) is 18.3 Å². The largest absolute Gasteiger partial charge is 0.495 e. The second kappa shape index (κ2) is 9.83. The zero-order chi connectivity index (χ0) is 22.3. The fourth-order valence-corrected chi connectivity index (χ4v) is 3.44. The van der Waals surface area contributed by atoms with Gasteiger partial charge in [0.2, 0.25) is 5.95 Å². The van der Waals surface area contributed by atoms with Crippen LogP contribution in [0.25, 0.3) is 11.3 Å². The van der Waals surface area contributed by atoms with Gasteiger partial charge in [0, 0.05) is 36.5 Å². The summed E-state index contributed by atoms with van der Waals surface area (Å²) in [6, 6.07) is 18.2. The Bertz CT molecular complexity index is 1210. The minimum Gasteiger partial charge on any atom is -0.495 e. The quantitative estimate of drug-likeness (QED) is 0.543. The molecular weight excluding hydrogens is 403 g/mol. The van der Waals surface area contributed by atoms with E-state index in [2.05, 4.69) is 20.3 Å². The molecular formula is C26H23FN4O. The summed E-state index contributed by atoms with van der Waals surface area (Å²) >= 11 is 0. The van der Waals surface area contributed by atoms with Gasteiger partial charge in [0.15, 0.2) is 0 Å². The minimum atomic E-state index is -0.296. The number of methoxy groups -OCH3 is 1. The number of nitrogens with one attached hydrogen (secondary N) is 1. The molecule has 6 heteroatoms. The van der Waals surface area contributed by atoms with Crippen LogP contribution in [0.3, 0.4) is 0 Å². The number of hydrogen-bond donors (Lipinski definition) is 1. The third-order valence-electron chi connectivity index (χ3n) is 5.04. The highest BCUT2D eigenvalue weighted by Gasteiger charge is 2.18. The molecule has 4 rings (SSSR count). The van der Waals surface area contributed by atoms with E-state index in [-0.39, 0.29) is 5.82 Å². The number of nitrogens with zero attached hydrogens (tertiary/aromatic N) is 3. The number of allylic oxidation sites excluding steroid dienone is 5. The number of ether oxygens (including phenoxy) is 1. The van der Waals surface area contributed by atoms with Gasteiger partial charge in [0.1, 0.15) is 11.6 Å². The number of anilines is 1. The van der Waals surface area contributed by atoms with Crippen LogP contribution in [0.2, 0.25) is 0 Å². The first-order valence-corrected chi connectivity index (χ1v) is 10.2. The van der Waals surface area contributed by atoms with Crippen LogP contribution in [0.5, 0.6) is 0 Å². The summed E-state index contributed by atoms with van der Waals surface area (Å²) in [4.78, 5) is 13.4. The van der Waals surface area contributed by atoms with Crippen molar-refractivity contribution in [1.29, 1.82) is 0 Å². The minimum absolute atomic E-state index is 0.296. The molecule has 0 amide bonds. The number of rotatable bonds is 6. The van der Waals surface area contributed by atoms with Gasteiger partial charge < -0.3 is 10.1 Å². The first kappa shape index (κ1) is 21.2. The van der Waals surface area contributed by atoms with Crippen LogP contribution in [-0.2, 0) is 11.3 Å². The summed E-state index contributed by atoms with van der Waals surface area (Å²) in [5.74, 6) is 0.866. The Hall–Kier alpha value is -4.06. The van der Waals surface area contributed by atoms with Gasteiger partial charge >= 0.3 is 0 Å². The Morgan fingerprint density at radius 3 is 2.53 bits per heavy atom. The van der Waals surface area contributed by atoms with E-state index in [4.69, 9.17) is 4.74 Å². The molecule has 5 nitrogen and oxygen atoms in total. The molecule has 160 valence electrons. The lowest BCUT2D eigenvalue weighted by atomic mass is 9.94. The maximum Gasteiger partial charge on any atom is 0.223 e. The van der Waals surface area contributed by atoms with Gasteiger partial charge in [-0.15, -0.1) is 0 Å². The molecule has 0 fully saturated rings. The molecule has 0 bridgehead atoms. The van der Waals surface area contributed by atoms with Crippen molar-refractivity contribution in [1.82, 2.24) is 9.97 Å². The highest BCUT2D eigenvalue weighted by Crippen LogP contribution is 2.29. The molecule has 0 spiro atoms. The zero-order valence-electron chi connectivity index (χ0n) is 17.9. The molecule has 2 aromatic carbocycles. The summed E-state index contributed by atoms with van der Waals surface area (Å²) in [5, 5.41) is 3.27. The molecule has 1 aliphatic carbocycles. The molecule has 1 heterocycles.